The van der Waals surface area contributed by atoms with Crippen LogP contribution in [0.5, 0.6) is 0 Å². The van der Waals surface area contributed by atoms with Crippen molar-refractivity contribution < 1.29 is 9.18 Å². The van der Waals surface area contributed by atoms with Crippen LogP contribution in [0.2, 0.25) is 5.02 Å². The fourth-order valence-electron chi connectivity index (χ4n) is 4.64. The molecule has 28 heavy (non-hydrogen) atoms. The Morgan fingerprint density at radius 3 is 2.43 bits per heavy atom. The van der Waals surface area contributed by atoms with E-state index in [0.29, 0.717) is 17.8 Å². The van der Waals surface area contributed by atoms with E-state index in [1.807, 2.05) is 11.9 Å². The summed E-state index contributed by atoms with van der Waals surface area (Å²) in [4.78, 5) is 19.6. The second-order valence-corrected chi connectivity index (χ2v) is 8.69. The SMILES string of the molecule is CN1CCC(N(C)[C@H]2CCCC[C@H]2N(C)C(=O)Nc2ccc(F)cc2Cl)CC1. The van der Waals surface area contributed by atoms with Gasteiger partial charge in [0.2, 0.25) is 0 Å². The fourth-order valence-corrected chi connectivity index (χ4v) is 4.85. The molecular weight excluding hydrogens is 379 g/mol. The maximum Gasteiger partial charge on any atom is 0.321 e. The summed E-state index contributed by atoms with van der Waals surface area (Å²) in [5, 5.41) is 3.06. The lowest BCUT2D eigenvalue weighted by atomic mass is 9.87. The molecule has 1 aromatic rings. The Kier molecular flexibility index (Phi) is 7.18. The Labute approximate surface area is 172 Å². The summed E-state index contributed by atoms with van der Waals surface area (Å²) in [7, 11) is 6.26. The van der Waals surface area contributed by atoms with Crippen molar-refractivity contribution in [2.45, 2.75) is 56.7 Å². The van der Waals surface area contributed by atoms with Crippen LogP contribution in [0, 0.1) is 5.82 Å². The molecule has 1 aromatic carbocycles. The number of likely N-dealkylation sites (tertiary alicyclic amines) is 1. The summed E-state index contributed by atoms with van der Waals surface area (Å²) in [6.45, 7) is 2.26. The Morgan fingerprint density at radius 2 is 1.79 bits per heavy atom. The lowest BCUT2D eigenvalue weighted by Gasteiger charge is -2.46. The van der Waals surface area contributed by atoms with E-state index in [-0.39, 0.29) is 17.1 Å². The van der Waals surface area contributed by atoms with Crippen molar-refractivity contribution >= 4 is 23.3 Å². The zero-order valence-corrected chi connectivity index (χ0v) is 17.9. The van der Waals surface area contributed by atoms with E-state index in [1.54, 1.807) is 0 Å². The van der Waals surface area contributed by atoms with Crippen LogP contribution in [-0.4, -0.2) is 73.1 Å². The van der Waals surface area contributed by atoms with Crippen LogP contribution in [0.25, 0.3) is 0 Å². The van der Waals surface area contributed by atoms with E-state index in [2.05, 4.69) is 29.2 Å². The van der Waals surface area contributed by atoms with Crippen LogP contribution in [0.1, 0.15) is 38.5 Å². The molecule has 1 heterocycles. The van der Waals surface area contributed by atoms with Crippen LogP contribution in [0.4, 0.5) is 14.9 Å². The van der Waals surface area contributed by atoms with Gasteiger partial charge in [0.1, 0.15) is 5.82 Å². The van der Waals surface area contributed by atoms with Crippen LogP contribution in [-0.2, 0) is 0 Å². The molecule has 1 saturated carbocycles. The number of benzene rings is 1. The maximum atomic E-state index is 13.3. The molecule has 0 unspecified atom stereocenters. The number of halogens is 2. The molecule has 0 bridgehead atoms. The highest BCUT2D eigenvalue weighted by Crippen LogP contribution is 2.30. The fraction of sp³-hybridized carbons (Fsp3) is 0.667. The van der Waals surface area contributed by atoms with Gasteiger partial charge in [0.15, 0.2) is 0 Å². The number of nitrogens with one attached hydrogen (secondary N) is 1. The van der Waals surface area contributed by atoms with E-state index in [1.165, 1.54) is 37.5 Å². The number of urea groups is 1. The van der Waals surface area contributed by atoms with Crippen LogP contribution in [0.15, 0.2) is 18.2 Å². The minimum atomic E-state index is -0.413. The number of hydrogen-bond donors (Lipinski definition) is 1. The standard InChI is InChI=1S/C21H32ClFN4O/c1-25-12-10-16(11-13-25)26(2)19-6-4-5-7-20(19)27(3)21(28)24-18-9-8-15(23)14-17(18)22/h8-9,14,16,19-20H,4-7,10-13H2,1-3H3,(H,24,28)/t19-,20+/m0/s1. The summed E-state index contributed by atoms with van der Waals surface area (Å²) in [5.74, 6) is -0.413. The molecule has 0 radical (unpaired) electrons. The monoisotopic (exact) mass is 410 g/mol. The van der Waals surface area contributed by atoms with E-state index in [0.717, 1.165) is 32.4 Å². The van der Waals surface area contributed by atoms with Gasteiger partial charge in [0.25, 0.3) is 0 Å². The van der Waals surface area contributed by atoms with E-state index < -0.39 is 5.82 Å². The molecule has 1 N–H and O–H groups in total. The summed E-state index contributed by atoms with van der Waals surface area (Å²) < 4.78 is 13.3. The van der Waals surface area contributed by atoms with Gasteiger partial charge in [0.05, 0.1) is 10.7 Å². The Hall–Kier alpha value is -1.37. The molecule has 2 atom stereocenters. The molecule has 1 saturated heterocycles. The van der Waals surface area contributed by atoms with Crippen molar-refractivity contribution in [1.82, 2.24) is 14.7 Å². The molecule has 0 spiro atoms. The van der Waals surface area contributed by atoms with Crippen LogP contribution in [0.3, 0.4) is 0 Å². The average molecular weight is 411 g/mol. The van der Waals surface area contributed by atoms with Gasteiger partial charge in [-0.2, -0.15) is 0 Å². The smallest absolute Gasteiger partial charge is 0.321 e. The normalized spacial score (nSPS) is 24.4. The minimum absolute atomic E-state index is 0.164. The highest BCUT2D eigenvalue weighted by molar-refractivity contribution is 6.33. The highest BCUT2D eigenvalue weighted by Gasteiger charge is 2.36. The number of hydrogen-bond acceptors (Lipinski definition) is 3. The Morgan fingerprint density at radius 1 is 1.14 bits per heavy atom. The van der Waals surface area contributed by atoms with Gasteiger partial charge in [-0.25, -0.2) is 9.18 Å². The van der Waals surface area contributed by atoms with Gasteiger partial charge in [-0.3, -0.25) is 4.90 Å². The molecule has 7 heteroatoms. The summed E-state index contributed by atoms with van der Waals surface area (Å²) in [5.41, 5.74) is 0.441. The number of nitrogens with zero attached hydrogens (tertiary/aromatic N) is 3. The van der Waals surface area contributed by atoms with Crippen molar-refractivity contribution in [2.75, 3.05) is 39.5 Å². The molecule has 2 fully saturated rings. The molecule has 0 aromatic heterocycles. The average Bonchev–Trinajstić information content (AvgIpc) is 2.69. The topological polar surface area (TPSA) is 38.8 Å². The lowest BCUT2D eigenvalue weighted by Crippen LogP contribution is -2.57. The molecular formula is C21H32ClFN4O. The zero-order chi connectivity index (χ0) is 20.3. The minimum Gasteiger partial charge on any atom is -0.323 e. The van der Waals surface area contributed by atoms with Gasteiger partial charge in [-0.1, -0.05) is 24.4 Å². The second kappa shape index (κ2) is 9.42. The predicted octanol–water partition coefficient (Wildman–Crippen LogP) is 4.28. The largest absolute Gasteiger partial charge is 0.323 e. The summed E-state index contributed by atoms with van der Waals surface area (Å²) >= 11 is 6.07. The quantitative estimate of drug-likeness (QED) is 0.805. The Balaban J connectivity index is 1.67. The molecule has 2 aliphatic rings. The van der Waals surface area contributed by atoms with E-state index >= 15 is 0 Å². The number of anilines is 1. The number of carbonyl (C=O) groups excluding carboxylic acids is 1. The number of rotatable bonds is 4. The number of piperidine rings is 1. The van der Waals surface area contributed by atoms with E-state index in [4.69, 9.17) is 11.6 Å². The van der Waals surface area contributed by atoms with Crippen molar-refractivity contribution in [1.29, 1.82) is 0 Å². The third kappa shape index (κ3) is 4.97. The number of amides is 2. The third-order valence-electron chi connectivity index (χ3n) is 6.47. The number of likely N-dealkylation sites (N-methyl/N-ethyl adjacent to an activating group) is 2. The van der Waals surface area contributed by atoms with Crippen molar-refractivity contribution in [2.24, 2.45) is 0 Å². The third-order valence-corrected chi connectivity index (χ3v) is 6.78. The lowest BCUT2D eigenvalue weighted by molar-refractivity contribution is 0.0443. The van der Waals surface area contributed by atoms with Gasteiger partial charge in [-0.05, 0) is 71.1 Å². The van der Waals surface area contributed by atoms with Crippen molar-refractivity contribution in [3.8, 4) is 0 Å². The van der Waals surface area contributed by atoms with Crippen molar-refractivity contribution in [3.05, 3.63) is 29.0 Å². The number of carbonyl (C=O) groups is 1. The zero-order valence-electron chi connectivity index (χ0n) is 17.1. The predicted molar refractivity (Wildman–Crippen MR) is 113 cm³/mol. The maximum absolute atomic E-state index is 13.3. The Bertz CT molecular complexity index is 680. The molecule has 1 aliphatic heterocycles. The summed E-state index contributed by atoms with van der Waals surface area (Å²) in [6.07, 6.45) is 6.81. The van der Waals surface area contributed by atoms with Gasteiger partial charge in [0, 0.05) is 25.2 Å². The molecule has 1 aliphatic carbocycles. The molecule has 5 nitrogen and oxygen atoms in total. The van der Waals surface area contributed by atoms with Gasteiger partial charge in [-0.15, -0.1) is 0 Å². The van der Waals surface area contributed by atoms with Crippen LogP contribution >= 0.6 is 11.6 Å². The molecule has 3 rings (SSSR count). The van der Waals surface area contributed by atoms with Gasteiger partial charge >= 0.3 is 6.03 Å². The highest BCUT2D eigenvalue weighted by atomic mass is 35.5. The second-order valence-electron chi connectivity index (χ2n) is 8.28. The van der Waals surface area contributed by atoms with Crippen LogP contribution < -0.4 is 5.32 Å². The first kappa shape index (κ1) is 21.3. The first-order chi connectivity index (χ1) is 13.4. The van der Waals surface area contributed by atoms with Gasteiger partial charge < -0.3 is 15.1 Å². The summed E-state index contributed by atoms with van der Waals surface area (Å²) in [6, 6.07) is 4.94. The molecule has 2 amide bonds. The first-order valence-electron chi connectivity index (χ1n) is 10.3. The van der Waals surface area contributed by atoms with E-state index in [9.17, 15) is 9.18 Å². The van der Waals surface area contributed by atoms with Crippen molar-refractivity contribution in [3.63, 3.8) is 0 Å². The molecule has 156 valence electrons. The first-order valence-corrected chi connectivity index (χ1v) is 10.6.